The standard InChI is InChI=1S/C17H18ClN3/c1-21(14-9-8-11-4-2-3-5-13(11)14)16-10-15(18)19-17(20-16)12-6-7-12/h2-5,10,12,14H,6-9H2,1H3. The van der Waals surface area contributed by atoms with E-state index in [-0.39, 0.29) is 0 Å². The van der Waals surface area contributed by atoms with E-state index in [4.69, 9.17) is 16.6 Å². The number of halogens is 1. The van der Waals surface area contributed by atoms with E-state index >= 15 is 0 Å². The molecule has 1 atom stereocenters. The fourth-order valence-corrected chi connectivity index (χ4v) is 3.41. The van der Waals surface area contributed by atoms with Crippen molar-refractivity contribution in [2.24, 2.45) is 0 Å². The van der Waals surface area contributed by atoms with Gasteiger partial charge < -0.3 is 4.90 Å². The summed E-state index contributed by atoms with van der Waals surface area (Å²) in [5.41, 5.74) is 2.87. The molecule has 0 bridgehead atoms. The highest BCUT2D eigenvalue weighted by Gasteiger charge is 2.30. The molecule has 1 saturated carbocycles. The second-order valence-corrected chi connectivity index (χ2v) is 6.43. The van der Waals surface area contributed by atoms with E-state index in [1.54, 1.807) is 0 Å². The molecule has 2 aliphatic rings. The molecular formula is C17H18ClN3. The van der Waals surface area contributed by atoms with Crippen LogP contribution in [0.15, 0.2) is 30.3 Å². The molecule has 0 N–H and O–H groups in total. The van der Waals surface area contributed by atoms with Crippen LogP contribution >= 0.6 is 11.6 Å². The molecule has 4 rings (SSSR count). The highest BCUT2D eigenvalue weighted by atomic mass is 35.5. The first kappa shape index (κ1) is 13.1. The van der Waals surface area contributed by atoms with Crippen molar-refractivity contribution in [2.75, 3.05) is 11.9 Å². The number of anilines is 1. The molecule has 1 aromatic heterocycles. The highest BCUT2D eigenvalue weighted by molar-refractivity contribution is 6.29. The van der Waals surface area contributed by atoms with Gasteiger partial charge in [-0.25, -0.2) is 9.97 Å². The van der Waals surface area contributed by atoms with Crippen molar-refractivity contribution in [3.05, 3.63) is 52.4 Å². The van der Waals surface area contributed by atoms with Gasteiger partial charge in [0.25, 0.3) is 0 Å². The number of benzene rings is 1. The van der Waals surface area contributed by atoms with Gasteiger partial charge in [0.05, 0.1) is 6.04 Å². The fraction of sp³-hybridized carbons (Fsp3) is 0.412. The lowest BCUT2D eigenvalue weighted by Crippen LogP contribution is -2.23. The summed E-state index contributed by atoms with van der Waals surface area (Å²) in [5, 5.41) is 0.556. The minimum absolute atomic E-state index is 0.388. The normalized spacial score (nSPS) is 20.4. The predicted molar refractivity (Wildman–Crippen MR) is 84.9 cm³/mol. The van der Waals surface area contributed by atoms with Crippen LogP contribution in [0.5, 0.6) is 0 Å². The first-order valence-corrected chi connectivity index (χ1v) is 7.95. The minimum Gasteiger partial charge on any atom is -0.352 e. The molecule has 2 aromatic rings. The summed E-state index contributed by atoms with van der Waals surface area (Å²) in [6.45, 7) is 0. The van der Waals surface area contributed by atoms with Crippen LogP contribution in [0.4, 0.5) is 5.82 Å². The van der Waals surface area contributed by atoms with Gasteiger partial charge in [0.2, 0.25) is 0 Å². The summed E-state index contributed by atoms with van der Waals surface area (Å²) < 4.78 is 0. The van der Waals surface area contributed by atoms with E-state index in [2.05, 4.69) is 41.2 Å². The molecule has 0 spiro atoms. The van der Waals surface area contributed by atoms with Gasteiger partial charge >= 0.3 is 0 Å². The molecule has 2 aliphatic carbocycles. The van der Waals surface area contributed by atoms with Crippen LogP contribution in [0, 0.1) is 0 Å². The molecule has 1 heterocycles. The lowest BCUT2D eigenvalue weighted by Gasteiger charge is -2.27. The summed E-state index contributed by atoms with van der Waals surface area (Å²) >= 11 is 6.20. The predicted octanol–water partition coefficient (Wildman–Crippen LogP) is 4.13. The fourth-order valence-electron chi connectivity index (χ4n) is 3.22. The van der Waals surface area contributed by atoms with Crippen LogP contribution in [0.1, 0.15) is 48.2 Å². The Hall–Kier alpha value is -1.61. The molecular weight excluding hydrogens is 282 g/mol. The van der Waals surface area contributed by atoms with E-state index in [9.17, 15) is 0 Å². The third-order valence-corrected chi connectivity index (χ3v) is 4.76. The van der Waals surface area contributed by atoms with Crippen LogP contribution < -0.4 is 4.90 Å². The van der Waals surface area contributed by atoms with E-state index in [0.717, 1.165) is 24.5 Å². The van der Waals surface area contributed by atoms with Gasteiger partial charge in [-0.15, -0.1) is 0 Å². The van der Waals surface area contributed by atoms with Crippen molar-refractivity contribution in [3.8, 4) is 0 Å². The second kappa shape index (κ2) is 4.99. The Kier molecular flexibility index (Phi) is 3.11. The summed E-state index contributed by atoms with van der Waals surface area (Å²) in [6.07, 6.45) is 4.65. The molecule has 3 nitrogen and oxygen atoms in total. The van der Waals surface area contributed by atoms with Gasteiger partial charge in [-0.3, -0.25) is 0 Å². The average Bonchev–Trinajstić information content (AvgIpc) is 3.26. The summed E-state index contributed by atoms with van der Waals surface area (Å²) in [5.74, 6) is 2.38. The molecule has 4 heteroatoms. The second-order valence-electron chi connectivity index (χ2n) is 6.05. The maximum atomic E-state index is 6.20. The van der Waals surface area contributed by atoms with Gasteiger partial charge in [-0.1, -0.05) is 35.9 Å². The third-order valence-electron chi connectivity index (χ3n) is 4.57. The van der Waals surface area contributed by atoms with Crippen molar-refractivity contribution in [1.82, 2.24) is 9.97 Å². The SMILES string of the molecule is CN(c1cc(Cl)nc(C2CC2)n1)C1CCc2ccccc21. The number of aryl methyl sites for hydroxylation is 1. The molecule has 0 aliphatic heterocycles. The van der Waals surface area contributed by atoms with Gasteiger partial charge in [0.15, 0.2) is 0 Å². The zero-order chi connectivity index (χ0) is 14.4. The maximum absolute atomic E-state index is 6.20. The third kappa shape index (κ3) is 2.40. The van der Waals surface area contributed by atoms with E-state index in [0.29, 0.717) is 17.1 Å². The minimum atomic E-state index is 0.388. The largest absolute Gasteiger partial charge is 0.352 e. The average molecular weight is 300 g/mol. The Morgan fingerprint density at radius 1 is 1.14 bits per heavy atom. The van der Waals surface area contributed by atoms with E-state index in [1.165, 1.54) is 24.0 Å². The van der Waals surface area contributed by atoms with Crippen molar-refractivity contribution >= 4 is 17.4 Å². The molecule has 21 heavy (non-hydrogen) atoms. The van der Waals surface area contributed by atoms with Crippen LogP contribution in [-0.2, 0) is 6.42 Å². The molecule has 1 fully saturated rings. The smallest absolute Gasteiger partial charge is 0.135 e. The van der Waals surface area contributed by atoms with Gasteiger partial charge in [0, 0.05) is 19.0 Å². The van der Waals surface area contributed by atoms with Crippen LogP contribution in [0.2, 0.25) is 5.15 Å². The van der Waals surface area contributed by atoms with Gasteiger partial charge in [-0.2, -0.15) is 0 Å². The first-order chi connectivity index (χ1) is 10.2. The lowest BCUT2D eigenvalue weighted by atomic mass is 10.1. The Balaban J connectivity index is 1.67. The number of fused-ring (bicyclic) bond motifs is 1. The number of rotatable bonds is 3. The highest BCUT2D eigenvalue weighted by Crippen LogP contribution is 2.41. The lowest BCUT2D eigenvalue weighted by molar-refractivity contribution is 0.652. The van der Waals surface area contributed by atoms with E-state index < -0.39 is 0 Å². The number of hydrogen-bond donors (Lipinski definition) is 0. The Labute approximate surface area is 130 Å². The maximum Gasteiger partial charge on any atom is 0.135 e. The molecule has 1 aromatic carbocycles. The van der Waals surface area contributed by atoms with Crippen LogP contribution in [-0.4, -0.2) is 17.0 Å². The molecule has 0 amide bonds. The Morgan fingerprint density at radius 2 is 1.95 bits per heavy atom. The van der Waals surface area contributed by atoms with Crippen molar-refractivity contribution in [2.45, 2.75) is 37.6 Å². The molecule has 108 valence electrons. The number of aromatic nitrogens is 2. The summed E-state index contributed by atoms with van der Waals surface area (Å²) in [6, 6.07) is 11.0. The molecule has 0 saturated heterocycles. The topological polar surface area (TPSA) is 29.0 Å². The Bertz CT molecular complexity index is 681. The van der Waals surface area contributed by atoms with Crippen molar-refractivity contribution in [1.29, 1.82) is 0 Å². The summed E-state index contributed by atoms with van der Waals surface area (Å²) in [4.78, 5) is 11.4. The number of hydrogen-bond acceptors (Lipinski definition) is 3. The molecule has 0 radical (unpaired) electrons. The zero-order valence-corrected chi connectivity index (χ0v) is 12.8. The summed E-state index contributed by atoms with van der Waals surface area (Å²) in [7, 11) is 2.11. The van der Waals surface area contributed by atoms with Gasteiger partial charge in [-0.05, 0) is 36.8 Å². The van der Waals surface area contributed by atoms with Crippen LogP contribution in [0.3, 0.4) is 0 Å². The Morgan fingerprint density at radius 3 is 2.76 bits per heavy atom. The quantitative estimate of drug-likeness (QED) is 0.798. The monoisotopic (exact) mass is 299 g/mol. The first-order valence-electron chi connectivity index (χ1n) is 7.57. The van der Waals surface area contributed by atoms with Crippen molar-refractivity contribution in [3.63, 3.8) is 0 Å². The van der Waals surface area contributed by atoms with Crippen LogP contribution in [0.25, 0.3) is 0 Å². The zero-order valence-electron chi connectivity index (χ0n) is 12.1. The number of nitrogens with zero attached hydrogens (tertiary/aromatic N) is 3. The van der Waals surface area contributed by atoms with Gasteiger partial charge in [0.1, 0.15) is 16.8 Å². The molecule has 1 unspecified atom stereocenters. The van der Waals surface area contributed by atoms with E-state index in [1.807, 2.05) is 6.07 Å². The van der Waals surface area contributed by atoms with Crippen molar-refractivity contribution < 1.29 is 0 Å².